The molecule has 102 valence electrons. The summed E-state index contributed by atoms with van der Waals surface area (Å²) >= 11 is 0. The van der Waals surface area contributed by atoms with Gasteiger partial charge in [-0.1, -0.05) is 24.3 Å². The summed E-state index contributed by atoms with van der Waals surface area (Å²) in [6.07, 6.45) is 3.73. The highest BCUT2D eigenvalue weighted by Crippen LogP contribution is 2.23. The minimum atomic E-state index is -0.248. The fraction of sp³-hybridized carbons (Fsp3) is 0.0625. The third kappa shape index (κ3) is 2.51. The van der Waals surface area contributed by atoms with Gasteiger partial charge in [-0.05, 0) is 17.5 Å². The number of fused-ring (bicyclic) bond motifs is 1. The van der Waals surface area contributed by atoms with Crippen LogP contribution in [0.5, 0.6) is 5.75 Å². The normalized spacial score (nSPS) is 10.1. The molecule has 0 N–H and O–H groups in total. The van der Waals surface area contributed by atoms with E-state index in [1.54, 1.807) is 23.8 Å². The van der Waals surface area contributed by atoms with E-state index in [9.17, 15) is 4.39 Å². The predicted octanol–water partition coefficient (Wildman–Crippen LogP) is 0.268. The highest BCUT2D eigenvalue weighted by atomic mass is 79.9. The summed E-state index contributed by atoms with van der Waals surface area (Å²) in [4.78, 5) is 0. The summed E-state index contributed by atoms with van der Waals surface area (Å²) in [6, 6.07) is 14.5. The van der Waals surface area contributed by atoms with Crippen molar-refractivity contribution < 1.29 is 30.7 Å². The van der Waals surface area contributed by atoms with Crippen molar-refractivity contribution in [3.05, 3.63) is 66.7 Å². The second-order valence-electron chi connectivity index (χ2n) is 4.27. The molecule has 3 aromatic rings. The molecule has 0 fully saturated rings. The van der Waals surface area contributed by atoms with Crippen molar-refractivity contribution in [1.82, 2.24) is 0 Å². The summed E-state index contributed by atoms with van der Waals surface area (Å²) in [5, 5.41) is 2.02. The van der Waals surface area contributed by atoms with Crippen molar-refractivity contribution >= 4 is 10.8 Å². The Labute approximate surface area is 127 Å². The molecule has 0 unspecified atom stereocenters. The molecule has 1 heterocycles. The molecule has 0 spiro atoms. The lowest BCUT2D eigenvalue weighted by Gasteiger charge is -2.04. The Hall–Kier alpha value is -1.94. The number of hydrogen-bond acceptors (Lipinski definition) is 1. The van der Waals surface area contributed by atoms with Crippen LogP contribution in [0.15, 0.2) is 60.9 Å². The molecule has 0 atom stereocenters. The fourth-order valence-electron chi connectivity index (χ4n) is 2.18. The maximum Gasteiger partial charge on any atom is 0.246 e. The first-order valence-corrected chi connectivity index (χ1v) is 6.02. The number of ether oxygens (including phenoxy) is 1. The van der Waals surface area contributed by atoms with Crippen LogP contribution >= 0.6 is 0 Å². The van der Waals surface area contributed by atoms with E-state index in [2.05, 4.69) is 0 Å². The van der Waals surface area contributed by atoms with Gasteiger partial charge in [0, 0.05) is 12.1 Å². The summed E-state index contributed by atoms with van der Waals surface area (Å²) in [6.45, 7) is 0. The molecular weight excluding hydrogens is 321 g/mol. The Morgan fingerprint density at radius 1 is 1.00 bits per heavy atom. The number of para-hydroxylation sites is 1. The Balaban J connectivity index is 0.00000147. The lowest BCUT2D eigenvalue weighted by atomic mass is 10.1. The molecule has 20 heavy (non-hydrogen) atoms. The Kier molecular flexibility index (Phi) is 4.35. The van der Waals surface area contributed by atoms with E-state index in [1.165, 1.54) is 6.07 Å². The van der Waals surface area contributed by atoms with Gasteiger partial charge in [0.15, 0.2) is 18.2 Å². The van der Waals surface area contributed by atoms with Crippen molar-refractivity contribution in [3.8, 4) is 11.4 Å². The van der Waals surface area contributed by atoms with E-state index in [-0.39, 0.29) is 22.8 Å². The molecule has 0 radical (unpaired) electrons. The van der Waals surface area contributed by atoms with Gasteiger partial charge in [0.05, 0.1) is 12.5 Å². The molecule has 2 aromatic carbocycles. The zero-order valence-corrected chi connectivity index (χ0v) is 12.5. The minimum absolute atomic E-state index is 0. The van der Waals surface area contributed by atoms with Crippen LogP contribution in [0.1, 0.15) is 0 Å². The van der Waals surface area contributed by atoms with Crippen molar-refractivity contribution in [2.75, 3.05) is 7.11 Å². The van der Waals surface area contributed by atoms with Crippen LogP contribution in [0, 0.1) is 5.82 Å². The molecule has 2 nitrogen and oxygen atoms in total. The molecule has 0 aliphatic heterocycles. The highest BCUT2D eigenvalue weighted by Gasteiger charge is 2.13. The second kappa shape index (κ2) is 6.01. The number of halogens is 2. The van der Waals surface area contributed by atoms with Gasteiger partial charge in [-0.3, -0.25) is 0 Å². The van der Waals surface area contributed by atoms with Crippen LogP contribution in [-0.2, 0) is 0 Å². The van der Waals surface area contributed by atoms with Crippen molar-refractivity contribution in [2.45, 2.75) is 0 Å². The smallest absolute Gasteiger partial charge is 0.246 e. The number of methoxy groups -OCH3 is 1. The van der Waals surface area contributed by atoms with E-state index in [4.69, 9.17) is 4.74 Å². The van der Waals surface area contributed by atoms with E-state index in [0.29, 0.717) is 5.69 Å². The Morgan fingerprint density at radius 3 is 2.55 bits per heavy atom. The van der Waals surface area contributed by atoms with Gasteiger partial charge in [0.1, 0.15) is 5.75 Å². The average molecular weight is 334 g/mol. The number of hydrogen-bond donors (Lipinski definition) is 0. The van der Waals surface area contributed by atoms with Crippen molar-refractivity contribution in [3.63, 3.8) is 0 Å². The molecule has 4 heteroatoms. The molecule has 0 aliphatic rings. The monoisotopic (exact) mass is 333 g/mol. The second-order valence-corrected chi connectivity index (χ2v) is 4.27. The van der Waals surface area contributed by atoms with Crippen LogP contribution < -0.4 is 26.3 Å². The van der Waals surface area contributed by atoms with Gasteiger partial charge in [-0.2, -0.15) is 8.96 Å². The van der Waals surface area contributed by atoms with E-state index in [0.717, 1.165) is 16.5 Å². The SMILES string of the molecule is COc1cccc2cc[n+](-c3ccccc3F)cc12.[Br-]. The molecule has 3 rings (SSSR count). The first-order chi connectivity index (χ1) is 9.29. The van der Waals surface area contributed by atoms with Crippen LogP contribution in [0.4, 0.5) is 4.39 Å². The maximum absolute atomic E-state index is 13.8. The summed E-state index contributed by atoms with van der Waals surface area (Å²) < 4.78 is 20.9. The largest absolute Gasteiger partial charge is 1.00 e. The van der Waals surface area contributed by atoms with Crippen LogP contribution in [0.3, 0.4) is 0 Å². The quantitative estimate of drug-likeness (QED) is 0.613. The lowest BCUT2D eigenvalue weighted by molar-refractivity contribution is -0.596. The Morgan fingerprint density at radius 2 is 1.80 bits per heavy atom. The molecular formula is C16H13BrFNO. The van der Waals surface area contributed by atoms with Gasteiger partial charge < -0.3 is 21.7 Å². The predicted molar refractivity (Wildman–Crippen MR) is 72.0 cm³/mol. The number of benzene rings is 2. The first kappa shape index (κ1) is 14.5. The number of rotatable bonds is 2. The molecule has 0 saturated carbocycles. The van der Waals surface area contributed by atoms with Gasteiger partial charge in [-0.25, -0.2) is 0 Å². The molecule has 0 bridgehead atoms. The van der Waals surface area contributed by atoms with Crippen molar-refractivity contribution in [2.24, 2.45) is 0 Å². The van der Waals surface area contributed by atoms with Gasteiger partial charge in [0.25, 0.3) is 0 Å². The van der Waals surface area contributed by atoms with E-state index < -0.39 is 0 Å². The number of nitrogens with zero attached hydrogens (tertiary/aromatic N) is 1. The minimum Gasteiger partial charge on any atom is -1.00 e. The highest BCUT2D eigenvalue weighted by molar-refractivity contribution is 5.86. The van der Waals surface area contributed by atoms with Crippen molar-refractivity contribution in [1.29, 1.82) is 0 Å². The number of aromatic nitrogens is 1. The van der Waals surface area contributed by atoms with Gasteiger partial charge >= 0.3 is 0 Å². The summed E-state index contributed by atoms with van der Waals surface area (Å²) in [5.41, 5.74) is 0.523. The average Bonchev–Trinajstić information content (AvgIpc) is 2.46. The molecule has 0 aliphatic carbocycles. The summed E-state index contributed by atoms with van der Waals surface area (Å²) in [5.74, 6) is 0.532. The maximum atomic E-state index is 13.8. The van der Waals surface area contributed by atoms with Crippen LogP contribution in [-0.4, -0.2) is 7.11 Å². The zero-order chi connectivity index (χ0) is 13.2. The van der Waals surface area contributed by atoms with Gasteiger partial charge in [-0.15, -0.1) is 0 Å². The molecule has 0 amide bonds. The first-order valence-electron chi connectivity index (χ1n) is 6.02. The Bertz CT molecular complexity index is 745. The standard InChI is InChI=1S/C16H13FNO.BrH/c1-19-16-8-4-5-12-9-10-18(11-13(12)16)15-7-3-2-6-14(15)17;/h2-11H,1H3;1H/q+1;/p-1. The van der Waals surface area contributed by atoms with E-state index >= 15 is 0 Å². The number of pyridine rings is 1. The molecule has 0 saturated heterocycles. The van der Waals surface area contributed by atoms with Crippen LogP contribution in [0.2, 0.25) is 0 Å². The third-order valence-electron chi connectivity index (χ3n) is 3.13. The van der Waals surface area contributed by atoms with Crippen LogP contribution in [0.25, 0.3) is 16.5 Å². The summed E-state index contributed by atoms with van der Waals surface area (Å²) in [7, 11) is 1.63. The zero-order valence-electron chi connectivity index (χ0n) is 10.9. The lowest BCUT2D eigenvalue weighted by Crippen LogP contribution is -3.00. The van der Waals surface area contributed by atoms with E-state index in [1.807, 2.05) is 42.7 Å². The topological polar surface area (TPSA) is 13.1 Å². The fourth-order valence-corrected chi connectivity index (χ4v) is 2.18. The third-order valence-corrected chi connectivity index (χ3v) is 3.13. The molecule has 1 aromatic heterocycles. The van der Waals surface area contributed by atoms with Gasteiger partial charge in [0.2, 0.25) is 5.69 Å².